The van der Waals surface area contributed by atoms with Crippen LogP contribution < -0.4 is 9.64 Å². The van der Waals surface area contributed by atoms with Gasteiger partial charge in [0, 0.05) is 13.1 Å². The summed E-state index contributed by atoms with van der Waals surface area (Å²) in [6, 6.07) is 11.5. The van der Waals surface area contributed by atoms with Gasteiger partial charge >= 0.3 is 0 Å². The number of para-hydroxylation sites is 1. The smallest absolute Gasteiger partial charge is 0.263 e. The zero-order valence-corrected chi connectivity index (χ0v) is 18.5. The Morgan fingerprint density at radius 3 is 2.54 bits per heavy atom. The van der Waals surface area contributed by atoms with Crippen LogP contribution in [-0.2, 0) is 0 Å². The minimum absolute atomic E-state index is 0. The second-order valence-corrected chi connectivity index (χ2v) is 7.86. The van der Waals surface area contributed by atoms with Gasteiger partial charge in [0.05, 0.1) is 22.9 Å². The normalized spacial score (nSPS) is 10.8. The number of nitrogens with zero attached hydrogens (tertiary/aromatic N) is 3. The van der Waals surface area contributed by atoms with Crippen molar-refractivity contribution < 1.29 is 9.53 Å². The number of ether oxygens (including phenoxy) is 1. The lowest BCUT2D eigenvalue weighted by molar-refractivity contribution is 0.0982. The number of carbonyl (C=O) groups excluding carboxylic acids is 1. The molecule has 0 fully saturated rings. The minimum atomic E-state index is -0.0947. The Morgan fingerprint density at radius 1 is 1.14 bits per heavy atom. The number of aromatic nitrogens is 1. The van der Waals surface area contributed by atoms with Gasteiger partial charge in [0.2, 0.25) is 0 Å². The third kappa shape index (κ3) is 4.63. The molecule has 0 aliphatic carbocycles. The molecule has 0 unspecified atom stereocenters. The monoisotopic (exact) mass is 419 g/mol. The van der Waals surface area contributed by atoms with E-state index < -0.39 is 0 Å². The summed E-state index contributed by atoms with van der Waals surface area (Å²) in [6.45, 7) is 5.45. The third-order valence-electron chi connectivity index (χ3n) is 4.39. The van der Waals surface area contributed by atoms with E-state index in [0.717, 1.165) is 21.9 Å². The lowest BCUT2D eigenvalue weighted by atomic mass is 10.1. The summed E-state index contributed by atoms with van der Waals surface area (Å²) < 4.78 is 6.52. The van der Waals surface area contributed by atoms with Crippen molar-refractivity contribution in [2.24, 2.45) is 0 Å². The number of aryl methyl sites for hydroxylation is 2. The number of thiazole rings is 1. The van der Waals surface area contributed by atoms with E-state index in [4.69, 9.17) is 9.72 Å². The molecule has 0 aliphatic heterocycles. The zero-order chi connectivity index (χ0) is 19.6. The van der Waals surface area contributed by atoms with Gasteiger partial charge in [0.15, 0.2) is 5.13 Å². The molecule has 0 saturated carbocycles. The van der Waals surface area contributed by atoms with Crippen LogP contribution in [-0.4, -0.2) is 50.1 Å². The molecular weight excluding hydrogens is 394 g/mol. The van der Waals surface area contributed by atoms with E-state index in [1.165, 1.54) is 11.1 Å². The fourth-order valence-electron chi connectivity index (χ4n) is 3.03. The molecule has 1 aromatic heterocycles. The first-order valence-electron chi connectivity index (χ1n) is 8.88. The first-order chi connectivity index (χ1) is 12.9. The second-order valence-electron chi connectivity index (χ2n) is 6.89. The molecule has 150 valence electrons. The molecule has 1 heterocycles. The van der Waals surface area contributed by atoms with E-state index in [9.17, 15) is 4.79 Å². The number of likely N-dealkylation sites (N-methyl/N-ethyl adjacent to an activating group) is 1. The maximum absolute atomic E-state index is 13.4. The van der Waals surface area contributed by atoms with Crippen molar-refractivity contribution in [3.05, 3.63) is 53.1 Å². The lowest BCUT2D eigenvalue weighted by Crippen LogP contribution is -2.36. The summed E-state index contributed by atoms with van der Waals surface area (Å²) in [4.78, 5) is 22.0. The SMILES string of the molecule is COc1ccccc1C(=O)N(CCN(C)C)c1nc2cc(C)cc(C)c2s1.Cl. The van der Waals surface area contributed by atoms with Gasteiger partial charge in [-0.2, -0.15) is 0 Å². The Kier molecular flexibility index (Phi) is 7.41. The zero-order valence-electron chi connectivity index (χ0n) is 16.9. The molecule has 5 nitrogen and oxygen atoms in total. The molecule has 0 radical (unpaired) electrons. The summed E-state index contributed by atoms with van der Waals surface area (Å²) in [5.74, 6) is 0.480. The van der Waals surface area contributed by atoms with Crippen molar-refractivity contribution in [2.45, 2.75) is 13.8 Å². The number of benzene rings is 2. The van der Waals surface area contributed by atoms with Gasteiger partial charge in [-0.15, -0.1) is 12.4 Å². The number of rotatable bonds is 6. The Hall–Kier alpha value is -2.15. The first-order valence-corrected chi connectivity index (χ1v) is 9.69. The van der Waals surface area contributed by atoms with Crippen LogP contribution >= 0.6 is 23.7 Å². The maximum atomic E-state index is 13.4. The highest BCUT2D eigenvalue weighted by Crippen LogP contribution is 2.33. The van der Waals surface area contributed by atoms with Crippen LogP contribution in [0.4, 0.5) is 5.13 Å². The topological polar surface area (TPSA) is 45.7 Å². The fraction of sp³-hybridized carbons (Fsp3) is 0.333. The largest absolute Gasteiger partial charge is 0.496 e. The highest BCUT2D eigenvalue weighted by atomic mass is 35.5. The predicted molar refractivity (Wildman–Crippen MR) is 120 cm³/mol. The molecule has 0 spiro atoms. The average Bonchev–Trinajstić information content (AvgIpc) is 3.05. The van der Waals surface area contributed by atoms with Gasteiger partial charge in [-0.25, -0.2) is 4.98 Å². The maximum Gasteiger partial charge on any atom is 0.263 e. The third-order valence-corrected chi connectivity index (χ3v) is 5.62. The molecule has 7 heteroatoms. The van der Waals surface area contributed by atoms with Gasteiger partial charge in [-0.05, 0) is 57.3 Å². The molecule has 3 aromatic rings. The number of hydrogen-bond donors (Lipinski definition) is 0. The van der Waals surface area contributed by atoms with Crippen LogP contribution in [0, 0.1) is 13.8 Å². The first kappa shape index (κ1) is 22.1. The molecule has 0 atom stereocenters. The number of hydrogen-bond acceptors (Lipinski definition) is 5. The van der Waals surface area contributed by atoms with E-state index in [-0.39, 0.29) is 18.3 Å². The highest BCUT2D eigenvalue weighted by molar-refractivity contribution is 7.22. The average molecular weight is 420 g/mol. The van der Waals surface area contributed by atoms with Crippen LogP contribution in [0.1, 0.15) is 21.5 Å². The van der Waals surface area contributed by atoms with E-state index in [2.05, 4.69) is 30.9 Å². The van der Waals surface area contributed by atoms with Crippen LogP contribution in [0.3, 0.4) is 0 Å². The molecule has 2 aromatic carbocycles. The van der Waals surface area contributed by atoms with Crippen LogP contribution in [0.2, 0.25) is 0 Å². The van der Waals surface area contributed by atoms with Gasteiger partial charge in [0.1, 0.15) is 5.75 Å². The Morgan fingerprint density at radius 2 is 1.86 bits per heavy atom. The minimum Gasteiger partial charge on any atom is -0.496 e. The number of amides is 1. The molecular formula is C21H26ClN3O2S. The molecule has 28 heavy (non-hydrogen) atoms. The lowest BCUT2D eigenvalue weighted by Gasteiger charge is -2.22. The fourth-order valence-corrected chi connectivity index (χ4v) is 4.07. The number of methoxy groups -OCH3 is 1. The van der Waals surface area contributed by atoms with Crippen molar-refractivity contribution in [1.82, 2.24) is 9.88 Å². The molecule has 0 saturated heterocycles. The number of fused-ring (bicyclic) bond motifs is 1. The molecule has 3 rings (SSSR count). The van der Waals surface area contributed by atoms with Crippen molar-refractivity contribution in [3.63, 3.8) is 0 Å². The van der Waals surface area contributed by atoms with E-state index >= 15 is 0 Å². The van der Waals surface area contributed by atoms with Crippen molar-refractivity contribution in [2.75, 3.05) is 39.2 Å². The van der Waals surface area contributed by atoms with E-state index in [1.54, 1.807) is 29.4 Å². The van der Waals surface area contributed by atoms with Crippen LogP contribution in [0.5, 0.6) is 5.75 Å². The Bertz CT molecular complexity index is 971. The van der Waals surface area contributed by atoms with Gasteiger partial charge < -0.3 is 9.64 Å². The second kappa shape index (κ2) is 9.37. The summed E-state index contributed by atoms with van der Waals surface area (Å²) in [5.41, 5.74) is 3.85. The molecule has 0 N–H and O–H groups in total. The van der Waals surface area contributed by atoms with Gasteiger partial charge in [-0.1, -0.05) is 29.5 Å². The summed E-state index contributed by atoms with van der Waals surface area (Å²) in [5, 5.41) is 0.719. The number of halogens is 1. The summed E-state index contributed by atoms with van der Waals surface area (Å²) in [7, 11) is 5.58. The standard InChI is InChI=1S/C21H25N3O2S.ClH/c1-14-12-15(2)19-17(13-14)22-21(27-19)24(11-10-23(3)4)20(25)16-8-6-7-9-18(16)26-5;/h6-9,12-13H,10-11H2,1-5H3;1H. The van der Waals surface area contributed by atoms with Gasteiger partial charge in [-0.3, -0.25) is 9.69 Å². The molecule has 0 aliphatic rings. The van der Waals surface area contributed by atoms with E-state index in [1.807, 2.05) is 32.3 Å². The van der Waals surface area contributed by atoms with E-state index in [0.29, 0.717) is 17.9 Å². The quantitative estimate of drug-likeness (QED) is 0.587. The molecule has 1 amide bonds. The summed E-state index contributed by atoms with van der Waals surface area (Å²) in [6.07, 6.45) is 0. The Balaban J connectivity index is 0.00000280. The Labute approximate surface area is 176 Å². The summed E-state index contributed by atoms with van der Waals surface area (Å²) >= 11 is 1.56. The van der Waals surface area contributed by atoms with Crippen LogP contribution in [0.15, 0.2) is 36.4 Å². The van der Waals surface area contributed by atoms with Crippen molar-refractivity contribution in [3.8, 4) is 5.75 Å². The molecule has 0 bridgehead atoms. The van der Waals surface area contributed by atoms with Crippen molar-refractivity contribution >= 4 is 45.0 Å². The van der Waals surface area contributed by atoms with Crippen LogP contribution in [0.25, 0.3) is 10.2 Å². The predicted octanol–water partition coefficient (Wildman–Crippen LogP) is 4.55. The van der Waals surface area contributed by atoms with Gasteiger partial charge in [0.25, 0.3) is 5.91 Å². The number of anilines is 1. The highest BCUT2D eigenvalue weighted by Gasteiger charge is 2.24. The van der Waals surface area contributed by atoms with Crippen molar-refractivity contribution in [1.29, 1.82) is 0 Å². The number of carbonyl (C=O) groups is 1.